The molecule has 9 nitrogen and oxygen atoms in total. The minimum absolute atomic E-state index is 0.0919. The first-order valence-corrected chi connectivity index (χ1v) is 12.2. The third kappa shape index (κ3) is 7.03. The number of sulfonamides is 1. The van der Waals surface area contributed by atoms with Crippen LogP contribution in [-0.2, 0) is 19.6 Å². The first kappa shape index (κ1) is 24.8. The Hall–Kier alpha value is -2.46. The standard InChI is InChI=1S/C21H32N4O5S/c1-4-5-11-31(29,30)24-17-7-6-10-25(13-17)21(28)18-9-8-16(12-14(18)2)23-20(27)15(3)19(22)26/h8-9,12,15,17,24H,4-7,10-11,13H2,1-3H3,(H2,22,26)(H,23,27). The fourth-order valence-corrected chi connectivity index (χ4v) is 4.92. The smallest absolute Gasteiger partial charge is 0.254 e. The molecule has 0 spiro atoms. The van der Waals surface area contributed by atoms with Gasteiger partial charge in [0, 0.05) is 30.4 Å². The molecule has 2 unspecified atom stereocenters. The minimum atomic E-state index is -3.36. The molecule has 0 aliphatic carbocycles. The molecule has 1 aliphatic rings. The Balaban J connectivity index is 2.05. The van der Waals surface area contributed by atoms with E-state index in [9.17, 15) is 22.8 Å². The number of nitrogens with one attached hydrogen (secondary N) is 2. The van der Waals surface area contributed by atoms with Crippen molar-refractivity contribution in [3.05, 3.63) is 29.3 Å². The van der Waals surface area contributed by atoms with Gasteiger partial charge in [0.05, 0.1) is 5.75 Å². The van der Waals surface area contributed by atoms with Crippen molar-refractivity contribution >= 4 is 33.4 Å². The maximum Gasteiger partial charge on any atom is 0.254 e. The predicted octanol–water partition coefficient (Wildman–Crippen LogP) is 1.38. The molecule has 1 fully saturated rings. The quantitative estimate of drug-likeness (QED) is 0.486. The molecule has 172 valence electrons. The Morgan fingerprint density at radius 2 is 2.00 bits per heavy atom. The topological polar surface area (TPSA) is 139 Å². The third-order valence-corrected chi connectivity index (χ3v) is 6.88. The zero-order chi connectivity index (χ0) is 23.2. The van der Waals surface area contributed by atoms with Gasteiger partial charge in [-0.15, -0.1) is 0 Å². The van der Waals surface area contributed by atoms with Crippen LogP contribution in [0.15, 0.2) is 18.2 Å². The largest absolute Gasteiger partial charge is 0.369 e. The highest BCUT2D eigenvalue weighted by atomic mass is 32.2. The van der Waals surface area contributed by atoms with Crippen molar-refractivity contribution < 1.29 is 22.8 Å². The van der Waals surface area contributed by atoms with E-state index in [0.717, 1.165) is 6.42 Å². The van der Waals surface area contributed by atoms with E-state index < -0.39 is 27.8 Å². The molecule has 1 aromatic rings. The van der Waals surface area contributed by atoms with Crippen molar-refractivity contribution in [2.24, 2.45) is 11.7 Å². The number of amides is 3. The number of carbonyl (C=O) groups is 3. The molecule has 2 atom stereocenters. The molecule has 31 heavy (non-hydrogen) atoms. The van der Waals surface area contributed by atoms with Crippen molar-refractivity contribution in [2.45, 2.75) is 52.5 Å². The number of carbonyl (C=O) groups excluding carboxylic acids is 3. The zero-order valence-electron chi connectivity index (χ0n) is 18.3. The van der Waals surface area contributed by atoms with Crippen LogP contribution in [0.25, 0.3) is 0 Å². The van der Waals surface area contributed by atoms with Gasteiger partial charge < -0.3 is 16.0 Å². The van der Waals surface area contributed by atoms with Crippen LogP contribution in [0.2, 0.25) is 0 Å². The summed E-state index contributed by atoms with van der Waals surface area (Å²) < 4.78 is 27.1. The van der Waals surface area contributed by atoms with Crippen LogP contribution in [0.5, 0.6) is 0 Å². The van der Waals surface area contributed by atoms with Gasteiger partial charge >= 0.3 is 0 Å². The second-order valence-corrected chi connectivity index (χ2v) is 9.90. The highest BCUT2D eigenvalue weighted by Gasteiger charge is 2.28. The van der Waals surface area contributed by atoms with Gasteiger partial charge in [-0.3, -0.25) is 14.4 Å². The molecule has 2 rings (SSSR count). The highest BCUT2D eigenvalue weighted by Crippen LogP contribution is 2.20. The van der Waals surface area contributed by atoms with Gasteiger partial charge in [0.25, 0.3) is 5.91 Å². The lowest BCUT2D eigenvalue weighted by atomic mass is 10.0. The lowest BCUT2D eigenvalue weighted by Crippen LogP contribution is -2.50. The van der Waals surface area contributed by atoms with Crippen LogP contribution in [0, 0.1) is 12.8 Å². The first-order valence-electron chi connectivity index (χ1n) is 10.5. The number of primary amides is 1. The second kappa shape index (κ2) is 10.7. The van der Waals surface area contributed by atoms with Crippen LogP contribution in [0.4, 0.5) is 5.69 Å². The van der Waals surface area contributed by atoms with Gasteiger partial charge in [-0.1, -0.05) is 13.3 Å². The normalized spacial score (nSPS) is 17.8. The van der Waals surface area contributed by atoms with E-state index in [4.69, 9.17) is 5.73 Å². The lowest BCUT2D eigenvalue weighted by molar-refractivity contribution is -0.129. The maximum absolute atomic E-state index is 13.0. The number of unbranched alkanes of at least 4 members (excludes halogenated alkanes) is 1. The van der Waals surface area contributed by atoms with Crippen LogP contribution in [-0.4, -0.2) is 55.9 Å². The molecule has 0 saturated carbocycles. The Morgan fingerprint density at radius 1 is 1.29 bits per heavy atom. The number of likely N-dealkylation sites (tertiary alicyclic amines) is 1. The lowest BCUT2D eigenvalue weighted by Gasteiger charge is -2.33. The van der Waals surface area contributed by atoms with Crippen molar-refractivity contribution in [3.63, 3.8) is 0 Å². The number of benzene rings is 1. The van der Waals surface area contributed by atoms with Crippen LogP contribution >= 0.6 is 0 Å². The van der Waals surface area contributed by atoms with Gasteiger partial charge in [0.1, 0.15) is 5.92 Å². The highest BCUT2D eigenvalue weighted by molar-refractivity contribution is 7.89. The summed E-state index contributed by atoms with van der Waals surface area (Å²) in [6, 6.07) is 4.58. The van der Waals surface area contributed by atoms with Gasteiger partial charge in [0.2, 0.25) is 21.8 Å². The van der Waals surface area contributed by atoms with Crippen LogP contribution < -0.4 is 15.8 Å². The molecule has 0 bridgehead atoms. The fraction of sp³-hybridized carbons (Fsp3) is 0.571. The summed E-state index contributed by atoms with van der Waals surface area (Å²) in [6.07, 6.45) is 2.81. The number of anilines is 1. The molecule has 1 aliphatic heterocycles. The Morgan fingerprint density at radius 3 is 2.61 bits per heavy atom. The number of nitrogens with two attached hydrogens (primary N) is 1. The summed E-state index contributed by atoms with van der Waals surface area (Å²) in [7, 11) is -3.36. The monoisotopic (exact) mass is 452 g/mol. The molecule has 1 saturated heterocycles. The molecule has 10 heteroatoms. The Labute approximate surface area is 183 Å². The first-order chi connectivity index (χ1) is 14.5. The number of rotatable bonds is 9. The number of hydrogen-bond acceptors (Lipinski definition) is 5. The van der Waals surface area contributed by atoms with Crippen molar-refractivity contribution in [3.8, 4) is 0 Å². The maximum atomic E-state index is 13.0. The molecular formula is C21H32N4O5S. The van der Waals surface area contributed by atoms with E-state index >= 15 is 0 Å². The summed E-state index contributed by atoms with van der Waals surface area (Å²) in [6.45, 7) is 5.99. The van der Waals surface area contributed by atoms with Gasteiger partial charge in [-0.2, -0.15) is 0 Å². The zero-order valence-corrected chi connectivity index (χ0v) is 19.1. The molecule has 0 radical (unpaired) electrons. The van der Waals surface area contributed by atoms with Crippen molar-refractivity contribution in [1.29, 1.82) is 0 Å². The van der Waals surface area contributed by atoms with E-state index in [-0.39, 0.29) is 17.7 Å². The molecule has 1 aromatic carbocycles. The summed E-state index contributed by atoms with van der Waals surface area (Å²) in [5.41, 5.74) is 6.76. The number of aryl methyl sites for hydroxylation is 1. The van der Waals surface area contributed by atoms with E-state index in [2.05, 4.69) is 10.0 Å². The fourth-order valence-electron chi connectivity index (χ4n) is 3.44. The van der Waals surface area contributed by atoms with Crippen LogP contribution in [0.1, 0.15) is 55.5 Å². The third-order valence-electron chi connectivity index (χ3n) is 5.37. The van der Waals surface area contributed by atoms with Gasteiger partial charge in [-0.05, 0) is 56.9 Å². The summed E-state index contributed by atoms with van der Waals surface area (Å²) >= 11 is 0. The Bertz CT molecular complexity index is 932. The number of piperidine rings is 1. The van der Waals surface area contributed by atoms with E-state index in [1.54, 1.807) is 30.0 Å². The molecule has 0 aromatic heterocycles. The predicted molar refractivity (Wildman–Crippen MR) is 119 cm³/mol. The average molecular weight is 453 g/mol. The Kier molecular flexibility index (Phi) is 8.58. The van der Waals surface area contributed by atoms with Crippen LogP contribution in [0.3, 0.4) is 0 Å². The number of nitrogens with zero attached hydrogens (tertiary/aromatic N) is 1. The summed E-state index contributed by atoms with van der Waals surface area (Å²) in [5.74, 6) is -2.29. The van der Waals surface area contributed by atoms with Gasteiger partial charge in [-0.25, -0.2) is 13.1 Å². The molecular weight excluding hydrogens is 420 g/mol. The van der Waals surface area contributed by atoms with E-state index in [1.165, 1.54) is 6.92 Å². The molecule has 4 N–H and O–H groups in total. The summed E-state index contributed by atoms with van der Waals surface area (Å²) in [5, 5.41) is 2.62. The van der Waals surface area contributed by atoms with E-state index in [0.29, 0.717) is 49.2 Å². The molecule has 3 amide bonds. The second-order valence-electron chi connectivity index (χ2n) is 8.02. The molecule has 1 heterocycles. The van der Waals surface area contributed by atoms with E-state index in [1.807, 2.05) is 6.92 Å². The summed E-state index contributed by atoms with van der Waals surface area (Å²) in [4.78, 5) is 37.8. The number of hydrogen-bond donors (Lipinski definition) is 3. The van der Waals surface area contributed by atoms with Gasteiger partial charge in [0.15, 0.2) is 0 Å². The van der Waals surface area contributed by atoms with Crippen molar-refractivity contribution in [2.75, 3.05) is 24.2 Å². The average Bonchev–Trinajstić information content (AvgIpc) is 2.71. The van der Waals surface area contributed by atoms with Crippen molar-refractivity contribution in [1.82, 2.24) is 9.62 Å². The SMILES string of the molecule is CCCCS(=O)(=O)NC1CCCN(C(=O)c2ccc(NC(=O)C(C)C(N)=O)cc2C)C1. The minimum Gasteiger partial charge on any atom is -0.369 e.